The van der Waals surface area contributed by atoms with Crippen LogP contribution in [0.3, 0.4) is 0 Å². The molecule has 0 saturated heterocycles. The van der Waals surface area contributed by atoms with Crippen molar-refractivity contribution in [2.75, 3.05) is 10.6 Å². The van der Waals surface area contributed by atoms with Crippen molar-refractivity contribution in [2.45, 2.75) is 135 Å². The highest BCUT2D eigenvalue weighted by Gasteiger charge is 2.28. The standard InChI is InChI=1S/C31H35NO.C31H31NO.CH4/c2*33-31(26-19-11-4-12-20-26)32-30-28(24-15-7-2-8-16-24)21-27(23-13-5-1-6-14-23)22-29(30)25-17-9-3-10-18-25;/h1,4-6,11-14,19-22,24-25H,2-3,7-10,15-18H2,(H,32,33);1,4-6,11-15,17,19-22H,2-3,7-10,16,18H2,(H,32,33);1H4. The minimum atomic E-state index is -0.0432. The topological polar surface area (TPSA) is 58.2 Å². The van der Waals surface area contributed by atoms with Crippen LogP contribution >= 0.6 is 0 Å². The Morgan fingerprint density at radius 3 is 1.15 bits per heavy atom. The molecule has 0 bridgehead atoms. The molecule has 2 fully saturated rings. The molecule has 6 aromatic rings. The largest absolute Gasteiger partial charge is 0.321 e. The second-order valence-corrected chi connectivity index (χ2v) is 19.0. The molecule has 0 aromatic heterocycles. The average molecular weight is 887 g/mol. The van der Waals surface area contributed by atoms with Crippen LogP contribution in [0.25, 0.3) is 33.4 Å². The molecular weight excluding hydrogens is 817 g/mol. The first-order valence-corrected chi connectivity index (χ1v) is 25.2. The van der Waals surface area contributed by atoms with Crippen LogP contribution in [0.5, 0.6) is 0 Å². The van der Waals surface area contributed by atoms with E-state index in [2.05, 4.69) is 108 Å². The highest BCUT2D eigenvalue weighted by Crippen LogP contribution is 2.46. The Morgan fingerprint density at radius 2 is 0.761 bits per heavy atom. The molecule has 4 aliphatic carbocycles. The normalized spacial score (nSPS) is 16.5. The van der Waals surface area contributed by atoms with E-state index in [4.69, 9.17) is 0 Å². The van der Waals surface area contributed by atoms with Gasteiger partial charge in [-0.15, -0.1) is 0 Å². The molecule has 2 N–H and O–H groups in total. The van der Waals surface area contributed by atoms with Gasteiger partial charge in [0.05, 0.1) is 5.69 Å². The molecular formula is C63H70N2O2. The van der Waals surface area contributed by atoms with Crippen molar-refractivity contribution in [3.63, 3.8) is 0 Å². The van der Waals surface area contributed by atoms with E-state index in [0.717, 1.165) is 42.6 Å². The van der Waals surface area contributed by atoms with Crippen LogP contribution < -0.4 is 10.6 Å². The van der Waals surface area contributed by atoms with Gasteiger partial charge in [-0.05, 0) is 182 Å². The Bertz CT molecular complexity index is 2530. The lowest BCUT2D eigenvalue weighted by Gasteiger charge is -2.31. The Kier molecular flexibility index (Phi) is 16.5. The smallest absolute Gasteiger partial charge is 0.255 e. The van der Waals surface area contributed by atoms with E-state index >= 15 is 0 Å². The van der Waals surface area contributed by atoms with Crippen molar-refractivity contribution in [3.05, 3.63) is 191 Å². The van der Waals surface area contributed by atoms with E-state index in [1.54, 1.807) is 0 Å². The third kappa shape index (κ3) is 11.8. The van der Waals surface area contributed by atoms with Crippen LogP contribution in [0.4, 0.5) is 11.4 Å². The van der Waals surface area contributed by atoms with Crippen molar-refractivity contribution >= 4 is 34.3 Å². The van der Waals surface area contributed by atoms with E-state index in [0.29, 0.717) is 17.4 Å². The Balaban J connectivity index is 0.000000179. The summed E-state index contributed by atoms with van der Waals surface area (Å²) < 4.78 is 0. The Morgan fingerprint density at radius 1 is 0.388 bits per heavy atom. The molecule has 0 unspecified atom stereocenters. The number of rotatable bonds is 10. The summed E-state index contributed by atoms with van der Waals surface area (Å²) in [6.45, 7) is 0. The first kappa shape index (κ1) is 47.2. The molecule has 344 valence electrons. The monoisotopic (exact) mass is 887 g/mol. The number of carbonyl (C=O) groups is 2. The molecule has 0 radical (unpaired) electrons. The van der Waals surface area contributed by atoms with Crippen molar-refractivity contribution < 1.29 is 9.59 Å². The zero-order valence-electron chi connectivity index (χ0n) is 38.7. The zero-order chi connectivity index (χ0) is 44.9. The van der Waals surface area contributed by atoms with Crippen LogP contribution in [-0.2, 0) is 0 Å². The maximum Gasteiger partial charge on any atom is 0.255 e. The fourth-order valence-corrected chi connectivity index (χ4v) is 10.9. The van der Waals surface area contributed by atoms with Crippen LogP contribution in [0.15, 0.2) is 158 Å². The van der Waals surface area contributed by atoms with E-state index in [-0.39, 0.29) is 19.2 Å². The molecule has 0 spiro atoms. The van der Waals surface area contributed by atoms with Crippen LogP contribution in [0.1, 0.15) is 178 Å². The van der Waals surface area contributed by atoms with Crippen LogP contribution in [-0.4, -0.2) is 11.8 Å². The fourth-order valence-electron chi connectivity index (χ4n) is 10.9. The number of hydrogen-bond acceptors (Lipinski definition) is 2. The Labute approximate surface area is 401 Å². The molecule has 2 amide bonds. The summed E-state index contributed by atoms with van der Waals surface area (Å²) >= 11 is 0. The zero-order valence-corrected chi connectivity index (χ0v) is 38.7. The van der Waals surface area contributed by atoms with Gasteiger partial charge in [0.15, 0.2) is 0 Å². The minimum absolute atomic E-state index is 0. The first-order chi connectivity index (χ1) is 32.6. The van der Waals surface area contributed by atoms with Crippen molar-refractivity contribution in [1.82, 2.24) is 0 Å². The van der Waals surface area contributed by atoms with Gasteiger partial charge in [0, 0.05) is 27.9 Å². The molecule has 4 heteroatoms. The summed E-state index contributed by atoms with van der Waals surface area (Å²) in [6.07, 6.45) is 26.6. The molecule has 6 aromatic carbocycles. The van der Waals surface area contributed by atoms with Crippen molar-refractivity contribution in [3.8, 4) is 22.3 Å². The van der Waals surface area contributed by atoms with Crippen LogP contribution in [0.2, 0.25) is 0 Å². The molecule has 4 nitrogen and oxygen atoms in total. The SMILES string of the molecule is C.O=C(Nc1c(C2=CCCCC2)cc(-c2ccccc2)cc1C1=CCCCC1)c1ccccc1.O=C(Nc1c(C2CCCCC2)cc(-c2ccccc2)cc1C1CCCCC1)c1ccccc1. The molecule has 0 aliphatic heterocycles. The third-order valence-corrected chi connectivity index (χ3v) is 14.5. The van der Waals surface area contributed by atoms with Gasteiger partial charge in [0.2, 0.25) is 0 Å². The number of anilines is 2. The van der Waals surface area contributed by atoms with E-state index in [1.807, 2.05) is 60.7 Å². The minimum Gasteiger partial charge on any atom is -0.321 e. The second kappa shape index (κ2) is 23.5. The number of nitrogens with one attached hydrogen (secondary N) is 2. The Hall–Kier alpha value is -6.26. The quantitative estimate of drug-likeness (QED) is 0.144. The number of allylic oxidation sites excluding steroid dienone is 4. The summed E-state index contributed by atoms with van der Waals surface area (Å²) in [4.78, 5) is 26.6. The maximum absolute atomic E-state index is 13.3. The van der Waals surface area contributed by atoms with Crippen molar-refractivity contribution in [1.29, 1.82) is 0 Å². The first-order valence-electron chi connectivity index (χ1n) is 25.2. The maximum atomic E-state index is 13.3. The number of carbonyl (C=O) groups excluding carboxylic acids is 2. The van der Waals surface area contributed by atoms with Gasteiger partial charge in [0.1, 0.15) is 0 Å². The number of hydrogen-bond donors (Lipinski definition) is 2. The average Bonchev–Trinajstić information content (AvgIpc) is 3.41. The molecule has 2 saturated carbocycles. The van der Waals surface area contributed by atoms with Gasteiger partial charge in [-0.1, -0.05) is 155 Å². The van der Waals surface area contributed by atoms with Gasteiger partial charge in [-0.2, -0.15) is 0 Å². The number of benzene rings is 6. The summed E-state index contributed by atoms with van der Waals surface area (Å²) in [5.41, 5.74) is 16.3. The van der Waals surface area contributed by atoms with Gasteiger partial charge in [0.25, 0.3) is 11.8 Å². The van der Waals surface area contributed by atoms with Gasteiger partial charge >= 0.3 is 0 Å². The van der Waals surface area contributed by atoms with Crippen molar-refractivity contribution in [2.24, 2.45) is 0 Å². The highest BCUT2D eigenvalue weighted by molar-refractivity contribution is 6.08. The second-order valence-electron chi connectivity index (χ2n) is 19.0. The highest BCUT2D eigenvalue weighted by atomic mass is 16.2. The summed E-state index contributed by atoms with van der Waals surface area (Å²) in [7, 11) is 0. The lowest BCUT2D eigenvalue weighted by molar-refractivity contribution is 0.101. The molecule has 10 rings (SSSR count). The van der Waals surface area contributed by atoms with Gasteiger partial charge in [-0.25, -0.2) is 0 Å². The van der Waals surface area contributed by atoms with Crippen LogP contribution in [0, 0.1) is 0 Å². The van der Waals surface area contributed by atoms with Gasteiger partial charge in [-0.3, -0.25) is 9.59 Å². The predicted molar refractivity (Wildman–Crippen MR) is 284 cm³/mol. The predicted octanol–water partition coefficient (Wildman–Crippen LogP) is 17.9. The summed E-state index contributed by atoms with van der Waals surface area (Å²) in [5.74, 6) is 1.02. The third-order valence-electron chi connectivity index (χ3n) is 14.5. The summed E-state index contributed by atoms with van der Waals surface area (Å²) in [6, 6.07) is 50.0. The molecule has 67 heavy (non-hydrogen) atoms. The van der Waals surface area contributed by atoms with E-state index in [1.165, 1.54) is 146 Å². The fraction of sp³-hybridized carbons (Fsp3) is 0.333. The lowest BCUT2D eigenvalue weighted by atomic mass is 9.77. The van der Waals surface area contributed by atoms with E-state index < -0.39 is 0 Å². The molecule has 0 atom stereocenters. The number of amides is 2. The molecule has 4 aliphatic rings. The summed E-state index contributed by atoms with van der Waals surface area (Å²) in [5, 5.41) is 6.78. The van der Waals surface area contributed by atoms with Gasteiger partial charge < -0.3 is 10.6 Å². The lowest BCUT2D eigenvalue weighted by Crippen LogP contribution is -2.19. The molecule has 0 heterocycles. The van der Waals surface area contributed by atoms with E-state index in [9.17, 15) is 9.59 Å².